The Morgan fingerprint density at radius 3 is 2.48 bits per heavy atom. The predicted octanol–water partition coefficient (Wildman–Crippen LogP) is 2.97. The normalized spacial score (nSPS) is 11.6. The summed E-state index contributed by atoms with van der Waals surface area (Å²) in [4.78, 5) is 25.1. The van der Waals surface area contributed by atoms with Gasteiger partial charge in [-0.1, -0.05) is 31.9 Å². The summed E-state index contributed by atoms with van der Waals surface area (Å²) in [5.74, 6) is 0.125. The van der Waals surface area contributed by atoms with Crippen molar-refractivity contribution in [2.45, 2.75) is 57.0 Å². The molecule has 1 aromatic carbocycles. The molecular formula is C18H30ClN3O2S. The molecule has 0 aromatic heterocycles. The summed E-state index contributed by atoms with van der Waals surface area (Å²) in [6.07, 6.45) is 2.99. The summed E-state index contributed by atoms with van der Waals surface area (Å²) < 4.78 is 0. The van der Waals surface area contributed by atoms with E-state index >= 15 is 0 Å². The second-order valence-electron chi connectivity index (χ2n) is 6.06. The van der Waals surface area contributed by atoms with Crippen molar-refractivity contribution < 1.29 is 9.59 Å². The molecule has 0 fully saturated rings. The third kappa shape index (κ3) is 9.14. The van der Waals surface area contributed by atoms with Crippen molar-refractivity contribution in [3.8, 4) is 0 Å². The first-order valence-electron chi connectivity index (χ1n) is 8.50. The van der Waals surface area contributed by atoms with Gasteiger partial charge in [0.25, 0.3) is 5.91 Å². The highest BCUT2D eigenvalue weighted by atomic mass is 35.5. The zero-order valence-corrected chi connectivity index (χ0v) is 16.8. The monoisotopic (exact) mass is 387 g/mol. The lowest BCUT2D eigenvalue weighted by Gasteiger charge is -2.17. The van der Waals surface area contributed by atoms with E-state index < -0.39 is 0 Å². The fourth-order valence-electron chi connectivity index (χ4n) is 2.25. The first kappa shape index (κ1) is 23.8. The van der Waals surface area contributed by atoms with Gasteiger partial charge >= 0.3 is 0 Å². The van der Waals surface area contributed by atoms with Gasteiger partial charge < -0.3 is 16.4 Å². The van der Waals surface area contributed by atoms with Crippen LogP contribution in [0, 0.1) is 0 Å². The number of unbranched alkanes of at least 4 members (excludes halogenated alkanes) is 1. The van der Waals surface area contributed by atoms with Crippen LogP contribution in [0.15, 0.2) is 29.2 Å². The molecule has 0 saturated carbocycles. The highest BCUT2D eigenvalue weighted by Crippen LogP contribution is 2.22. The van der Waals surface area contributed by atoms with Crippen LogP contribution in [-0.2, 0) is 4.79 Å². The van der Waals surface area contributed by atoms with E-state index in [0.717, 1.165) is 24.2 Å². The topological polar surface area (TPSA) is 84.2 Å². The van der Waals surface area contributed by atoms with E-state index in [2.05, 4.69) is 17.6 Å². The van der Waals surface area contributed by atoms with Crippen LogP contribution >= 0.6 is 24.2 Å². The lowest BCUT2D eigenvalue weighted by atomic mass is 10.1. The molecule has 25 heavy (non-hydrogen) atoms. The number of amides is 2. The van der Waals surface area contributed by atoms with E-state index in [-0.39, 0.29) is 36.3 Å². The number of halogens is 1. The molecule has 0 radical (unpaired) electrons. The molecule has 1 atom stereocenters. The summed E-state index contributed by atoms with van der Waals surface area (Å²) >= 11 is 1.37. The molecule has 0 spiro atoms. The van der Waals surface area contributed by atoms with E-state index in [1.54, 1.807) is 6.07 Å². The molecule has 2 amide bonds. The number of hydrogen-bond acceptors (Lipinski definition) is 4. The van der Waals surface area contributed by atoms with Crippen LogP contribution < -0.4 is 16.4 Å². The quantitative estimate of drug-likeness (QED) is 0.539. The predicted molar refractivity (Wildman–Crippen MR) is 108 cm³/mol. The average molecular weight is 388 g/mol. The smallest absolute Gasteiger partial charge is 0.252 e. The third-order valence-corrected chi connectivity index (χ3v) is 4.54. The Morgan fingerprint density at radius 2 is 1.88 bits per heavy atom. The number of carbonyl (C=O) groups is 2. The number of thioether (sulfide) groups is 1. The largest absolute Gasteiger partial charge is 0.353 e. The van der Waals surface area contributed by atoms with E-state index in [1.807, 2.05) is 32.0 Å². The number of nitrogens with one attached hydrogen (secondary N) is 2. The highest BCUT2D eigenvalue weighted by molar-refractivity contribution is 8.00. The second kappa shape index (κ2) is 13.0. The average Bonchev–Trinajstić information content (AvgIpc) is 2.56. The summed E-state index contributed by atoms with van der Waals surface area (Å²) in [5.41, 5.74) is 6.34. The van der Waals surface area contributed by atoms with Gasteiger partial charge in [0.15, 0.2) is 0 Å². The molecule has 0 heterocycles. The minimum Gasteiger partial charge on any atom is -0.353 e. The minimum absolute atomic E-state index is 0. The van der Waals surface area contributed by atoms with Gasteiger partial charge in [-0.05, 0) is 32.4 Å². The molecule has 0 aliphatic rings. The Kier molecular flexibility index (Phi) is 12.4. The highest BCUT2D eigenvalue weighted by Gasteiger charge is 2.16. The SMILES string of the molecule is CCCCC(CN)NC(=O)c1ccccc1SCC(=O)NC(C)C.Cl. The fraction of sp³-hybridized carbons (Fsp3) is 0.556. The molecular weight excluding hydrogens is 358 g/mol. The third-order valence-electron chi connectivity index (χ3n) is 3.47. The van der Waals surface area contributed by atoms with Gasteiger partial charge in [0.2, 0.25) is 5.91 Å². The molecule has 0 aliphatic heterocycles. The zero-order chi connectivity index (χ0) is 17.9. The van der Waals surface area contributed by atoms with Crippen molar-refractivity contribution in [1.29, 1.82) is 0 Å². The van der Waals surface area contributed by atoms with Gasteiger partial charge in [0.05, 0.1) is 11.3 Å². The van der Waals surface area contributed by atoms with Crippen molar-refractivity contribution in [2.75, 3.05) is 12.3 Å². The maximum absolute atomic E-state index is 12.5. The van der Waals surface area contributed by atoms with E-state index in [0.29, 0.717) is 17.9 Å². The van der Waals surface area contributed by atoms with Crippen LogP contribution in [-0.4, -0.2) is 36.2 Å². The Bertz CT molecular complexity index is 541. The summed E-state index contributed by atoms with van der Waals surface area (Å²) in [6.45, 7) is 6.39. The molecule has 142 valence electrons. The van der Waals surface area contributed by atoms with Crippen LogP contribution in [0.3, 0.4) is 0 Å². The lowest BCUT2D eigenvalue weighted by molar-refractivity contribution is -0.119. The van der Waals surface area contributed by atoms with Crippen molar-refractivity contribution in [3.63, 3.8) is 0 Å². The molecule has 0 saturated heterocycles. The maximum atomic E-state index is 12.5. The van der Waals surface area contributed by atoms with Gasteiger partial charge in [-0.3, -0.25) is 9.59 Å². The molecule has 7 heteroatoms. The second-order valence-corrected chi connectivity index (χ2v) is 7.07. The van der Waals surface area contributed by atoms with Crippen molar-refractivity contribution in [2.24, 2.45) is 5.73 Å². The Balaban J connectivity index is 0.00000576. The number of carbonyl (C=O) groups excluding carboxylic acids is 2. The molecule has 0 bridgehead atoms. The van der Waals surface area contributed by atoms with Crippen molar-refractivity contribution in [3.05, 3.63) is 29.8 Å². The summed E-state index contributed by atoms with van der Waals surface area (Å²) in [7, 11) is 0. The van der Waals surface area contributed by atoms with Gasteiger partial charge in [-0.25, -0.2) is 0 Å². The standard InChI is InChI=1S/C18H29N3O2S.ClH/c1-4-5-8-14(11-19)21-18(23)15-9-6-7-10-16(15)24-12-17(22)20-13(2)3;/h6-7,9-10,13-14H,4-5,8,11-12,19H2,1-3H3,(H,20,22)(H,21,23);1H. The van der Waals surface area contributed by atoms with Crippen LogP contribution in [0.4, 0.5) is 0 Å². The number of rotatable bonds is 10. The molecule has 5 nitrogen and oxygen atoms in total. The summed E-state index contributed by atoms with van der Waals surface area (Å²) in [6, 6.07) is 7.45. The van der Waals surface area contributed by atoms with Crippen LogP contribution in [0.25, 0.3) is 0 Å². The number of benzene rings is 1. The molecule has 0 aliphatic carbocycles. The maximum Gasteiger partial charge on any atom is 0.252 e. The van der Waals surface area contributed by atoms with Crippen molar-refractivity contribution in [1.82, 2.24) is 10.6 Å². The van der Waals surface area contributed by atoms with Gasteiger partial charge in [-0.15, -0.1) is 24.2 Å². The first-order chi connectivity index (χ1) is 11.5. The van der Waals surface area contributed by atoms with Crippen LogP contribution in [0.1, 0.15) is 50.4 Å². The molecule has 1 rings (SSSR count). The van der Waals surface area contributed by atoms with Gasteiger partial charge in [0.1, 0.15) is 0 Å². The Hall–Kier alpha value is -1.24. The van der Waals surface area contributed by atoms with Gasteiger partial charge in [-0.2, -0.15) is 0 Å². The van der Waals surface area contributed by atoms with Crippen LogP contribution in [0.2, 0.25) is 0 Å². The van der Waals surface area contributed by atoms with Gasteiger partial charge in [0, 0.05) is 23.5 Å². The van der Waals surface area contributed by atoms with E-state index in [4.69, 9.17) is 5.73 Å². The van der Waals surface area contributed by atoms with E-state index in [1.165, 1.54) is 11.8 Å². The van der Waals surface area contributed by atoms with Crippen LogP contribution in [0.5, 0.6) is 0 Å². The molecule has 4 N–H and O–H groups in total. The minimum atomic E-state index is -0.131. The fourth-order valence-corrected chi connectivity index (χ4v) is 3.11. The number of hydrogen-bond donors (Lipinski definition) is 3. The van der Waals surface area contributed by atoms with E-state index in [9.17, 15) is 9.59 Å². The zero-order valence-electron chi connectivity index (χ0n) is 15.2. The first-order valence-corrected chi connectivity index (χ1v) is 9.48. The number of nitrogens with two attached hydrogens (primary N) is 1. The molecule has 1 aromatic rings. The lowest BCUT2D eigenvalue weighted by Crippen LogP contribution is -2.40. The Labute approximate surface area is 161 Å². The Morgan fingerprint density at radius 1 is 1.20 bits per heavy atom. The molecule has 1 unspecified atom stereocenters. The van der Waals surface area contributed by atoms with Crippen molar-refractivity contribution >= 4 is 36.0 Å². The summed E-state index contributed by atoms with van der Waals surface area (Å²) in [5, 5.41) is 5.85.